The van der Waals surface area contributed by atoms with Crippen molar-refractivity contribution in [3.05, 3.63) is 95.7 Å². The fourth-order valence-corrected chi connectivity index (χ4v) is 4.13. The largest absolute Gasteiger partial charge is 0.466 e. The summed E-state index contributed by atoms with van der Waals surface area (Å²) in [5.41, 5.74) is 7.13. The van der Waals surface area contributed by atoms with Crippen LogP contribution in [0.1, 0.15) is 34.6 Å². The van der Waals surface area contributed by atoms with E-state index in [1.165, 1.54) is 0 Å². The lowest BCUT2D eigenvalue weighted by atomic mass is 9.99. The van der Waals surface area contributed by atoms with Crippen molar-refractivity contribution in [2.45, 2.75) is 19.5 Å². The highest BCUT2D eigenvalue weighted by atomic mass is 16.5. The maximum Gasteiger partial charge on any atom is 0.310 e. The second-order valence-electron chi connectivity index (χ2n) is 8.05. The van der Waals surface area contributed by atoms with Gasteiger partial charge in [-0.3, -0.25) is 14.7 Å². The van der Waals surface area contributed by atoms with Crippen molar-refractivity contribution in [2.24, 2.45) is 0 Å². The molecule has 0 radical (unpaired) electrons. The molecule has 3 N–H and O–H groups in total. The number of hydrogen-bond acceptors (Lipinski definition) is 5. The van der Waals surface area contributed by atoms with Gasteiger partial charge in [-0.1, -0.05) is 60.7 Å². The van der Waals surface area contributed by atoms with E-state index in [4.69, 9.17) is 4.74 Å². The highest BCUT2D eigenvalue weighted by Crippen LogP contribution is 2.32. The summed E-state index contributed by atoms with van der Waals surface area (Å²) in [6.45, 7) is 2.19. The van der Waals surface area contributed by atoms with Gasteiger partial charge in [-0.25, -0.2) is 0 Å². The molecule has 0 saturated heterocycles. The summed E-state index contributed by atoms with van der Waals surface area (Å²) in [6.07, 6.45) is 1.62. The minimum Gasteiger partial charge on any atom is -0.466 e. The van der Waals surface area contributed by atoms with Crippen molar-refractivity contribution in [1.29, 1.82) is 0 Å². The number of carbonyl (C=O) groups is 2. The number of H-pyrrole nitrogens is 1. The molecule has 3 aromatic carbocycles. The van der Waals surface area contributed by atoms with E-state index in [9.17, 15) is 9.59 Å². The maximum atomic E-state index is 12.5. The molecule has 0 fully saturated rings. The standard InChI is InChI=1S/C27H24N4O3/c1-2-34-24(32)15-17-7-9-18(10-8-17)19-11-13-20(14-12-19)25-22(16-28-31-25)26-29-23-6-4-3-5-21(23)27(33)30-26/h3-14,16,26,29H,2,15H2,1H3,(H,28,31)(H,30,33). The Kier molecular flexibility index (Phi) is 5.82. The third-order valence-corrected chi connectivity index (χ3v) is 5.84. The molecule has 1 atom stereocenters. The van der Waals surface area contributed by atoms with E-state index in [0.717, 1.165) is 39.2 Å². The Bertz CT molecular complexity index is 1330. The number of aromatic nitrogens is 2. The molecular formula is C27H24N4O3. The van der Waals surface area contributed by atoms with Crippen LogP contribution in [0.15, 0.2) is 79.0 Å². The molecule has 34 heavy (non-hydrogen) atoms. The number of aromatic amines is 1. The van der Waals surface area contributed by atoms with Crippen LogP contribution < -0.4 is 10.6 Å². The number of fused-ring (bicyclic) bond motifs is 1. The first-order valence-corrected chi connectivity index (χ1v) is 11.2. The maximum absolute atomic E-state index is 12.5. The summed E-state index contributed by atoms with van der Waals surface area (Å²) in [6, 6.07) is 23.5. The van der Waals surface area contributed by atoms with Gasteiger partial charge in [0, 0.05) is 11.3 Å². The fraction of sp³-hybridized carbons (Fsp3) is 0.148. The van der Waals surface area contributed by atoms with Crippen molar-refractivity contribution in [3.8, 4) is 22.4 Å². The molecule has 0 spiro atoms. The number of ether oxygens (including phenoxy) is 1. The molecule has 7 nitrogen and oxygen atoms in total. The molecular weight excluding hydrogens is 428 g/mol. The van der Waals surface area contributed by atoms with E-state index in [-0.39, 0.29) is 24.5 Å². The third kappa shape index (κ3) is 4.28. The molecule has 0 aliphatic carbocycles. The van der Waals surface area contributed by atoms with Crippen LogP contribution >= 0.6 is 0 Å². The molecule has 5 rings (SSSR count). The number of amides is 1. The number of rotatable bonds is 6. The summed E-state index contributed by atoms with van der Waals surface area (Å²) < 4.78 is 5.01. The van der Waals surface area contributed by atoms with Crippen LogP contribution in [0.4, 0.5) is 5.69 Å². The van der Waals surface area contributed by atoms with Crippen LogP contribution in [0.5, 0.6) is 0 Å². The molecule has 4 aromatic rings. The van der Waals surface area contributed by atoms with Gasteiger partial charge in [0.05, 0.1) is 30.5 Å². The highest BCUT2D eigenvalue weighted by Gasteiger charge is 2.27. The van der Waals surface area contributed by atoms with Gasteiger partial charge in [-0.2, -0.15) is 5.10 Å². The normalized spacial score (nSPS) is 14.6. The van der Waals surface area contributed by atoms with Crippen LogP contribution in [0, 0.1) is 0 Å². The Morgan fingerprint density at radius 1 is 0.912 bits per heavy atom. The van der Waals surface area contributed by atoms with Crippen molar-refractivity contribution in [2.75, 3.05) is 11.9 Å². The predicted molar refractivity (Wildman–Crippen MR) is 130 cm³/mol. The smallest absolute Gasteiger partial charge is 0.310 e. The van der Waals surface area contributed by atoms with Gasteiger partial charge in [0.25, 0.3) is 5.91 Å². The molecule has 1 aliphatic heterocycles. The molecule has 0 saturated carbocycles. The number of carbonyl (C=O) groups excluding carboxylic acids is 2. The third-order valence-electron chi connectivity index (χ3n) is 5.84. The van der Waals surface area contributed by atoms with Crippen LogP contribution in [-0.4, -0.2) is 28.7 Å². The predicted octanol–water partition coefficient (Wildman–Crippen LogP) is 4.70. The number of para-hydroxylation sites is 1. The van der Waals surface area contributed by atoms with Crippen LogP contribution in [0.3, 0.4) is 0 Å². The summed E-state index contributed by atoms with van der Waals surface area (Å²) >= 11 is 0. The molecule has 1 amide bonds. The molecule has 1 aromatic heterocycles. The van der Waals surface area contributed by atoms with Crippen LogP contribution in [0.2, 0.25) is 0 Å². The number of benzene rings is 3. The molecule has 2 heterocycles. The molecule has 0 bridgehead atoms. The van der Waals surface area contributed by atoms with Crippen molar-refractivity contribution >= 4 is 17.6 Å². The minimum absolute atomic E-state index is 0.117. The van der Waals surface area contributed by atoms with Gasteiger partial charge in [0.2, 0.25) is 0 Å². The van der Waals surface area contributed by atoms with Crippen LogP contribution in [0.25, 0.3) is 22.4 Å². The van der Waals surface area contributed by atoms with Gasteiger partial charge < -0.3 is 15.4 Å². The van der Waals surface area contributed by atoms with E-state index in [1.807, 2.05) is 66.7 Å². The zero-order chi connectivity index (χ0) is 23.5. The zero-order valence-corrected chi connectivity index (χ0v) is 18.7. The monoisotopic (exact) mass is 452 g/mol. The lowest BCUT2D eigenvalue weighted by Crippen LogP contribution is -2.38. The van der Waals surface area contributed by atoms with Gasteiger partial charge >= 0.3 is 5.97 Å². The second-order valence-corrected chi connectivity index (χ2v) is 8.05. The Labute approximate surface area is 197 Å². The molecule has 1 unspecified atom stereocenters. The second kappa shape index (κ2) is 9.23. The fourth-order valence-electron chi connectivity index (χ4n) is 4.13. The minimum atomic E-state index is -0.386. The SMILES string of the molecule is CCOC(=O)Cc1ccc(-c2ccc(-c3[nH]ncc3C3NC(=O)c4ccccc4N3)cc2)cc1. The Balaban J connectivity index is 1.34. The number of nitrogens with one attached hydrogen (secondary N) is 3. The lowest BCUT2D eigenvalue weighted by molar-refractivity contribution is -0.142. The van der Waals surface area contributed by atoms with Crippen molar-refractivity contribution in [1.82, 2.24) is 15.5 Å². The van der Waals surface area contributed by atoms with Gasteiger partial charge in [0.1, 0.15) is 6.17 Å². The van der Waals surface area contributed by atoms with Crippen LogP contribution in [-0.2, 0) is 16.0 Å². The number of nitrogens with zero attached hydrogens (tertiary/aromatic N) is 1. The number of anilines is 1. The first-order chi connectivity index (χ1) is 16.6. The average Bonchev–Trinajstić information content (AvgIpc) is 3.35. The summed E-state index contributed by atoms with van der Waals surface area (Å²) in [4.78, 5) is 24.2. The zero-order valence-electron chi connectivity index (χ0n) is 18.7. The average molecular weight is 453 g/mol. The Morgan fingerprint density at radius 3 is 2.32 bits per heavy atom. The topological polar surface area (TPSA) is 96.1 Å². The van der Waals surface area contributed by atoms with Crippen molar-refractivity contribution in [3.63, 3.8) is 0 Å². The van der Waals surface area contributed by atoms with E-state index in [0.29, 0.717) is 12.2 Å². The van der Waals surface area contributed by atoms with E-state index in [1.54, 1.807) is 19.2 Å². The summed E-state index contributed by atoms with van der Waals surface area (Å²) in [5, 5.41) is 13.7. The lowest BCUT2D eigenvalue weighted by Gasteiger charge is -2.27. The molecule has 1 aliphatic rings. The number of esters is 1. The van der Waals surface area contributed by atoms with Crippen molar-refractivity contribution < 1.29 is 14.3 Å². The van der Waals surface area contributed by atoms with E-state index < -0.39 is 0 Å². The van der Waals surface area contributed by atoms with E-state index in [2.05, 4.69) is 20.8 Å². The van der Waals surface area contributed by atoms with E-state index >= 15 is 0 Å². The van der Waals surface area contributed by atoms with Gasteiger partial charge in [0.15, 0.2) is 0 Å². The first-order valence-electron chi connectivity index (χ1n) is 11.2. The highest BCUT2D eigenvalue weighted by molar-refractivity contribution is 6.01. The van der Waals surface area contributed by atoms with Gasteiger partial charge in [-0.05, 0) is 41.3 Å². The van der Waals surface area contributed by atoms with Gasteiger partial charge in [-0.15, -0.1) is 0 Å². The summed E-state index contributed by atoms with van der Waals surface area (Å²) in [7, 11) is 0. The quantitative estimate of drug-likeness (QED) is 0.369. The number of hydrogen-bond donors (Lipinski definition) is 3. The molecule has 170 valence electrons. The first kappa shape index (κ1) is 21.5. The Morgan fingerprint density at radius 2 is 1.59 bits per heavy atom. The summed E-state index contributed by atoms with van der Waals surface area (Å²) in [5.74, 6) is -0.338. The molecule has 7 heteroatoms. The Hall–Kier alpha value is -4.39.